The maximum atomic E-state index is 12.6. The molecule has 3 aromatic rings. The molecule has 1 unspecified atom stereocenters. The minimum atomic E-state index is -3.27. The molecule has 2 N–H and O–H groups in total. The van der Waals surface area contributed by atoms with E-state index in [1.165, 1.54) is 22.3 Å². The van der Waals surface area contributed by atoms with Crippen molar-refractivity contribution in [1.82, 2.24) is 5.32 Å². The predicted molar refractivity (Wildman–Crippen MR) is 113 cm³/mol. The third-order valence-corrected chi connectivity index (χ3v) is 7.48. The first kappa shape index (κ1) is 17.9. The molecule has 6 heteroatoms. The zero-order valence-corrected chi connectivity index (χ0v) is 16.5. The number of nitrogens with one attached hydrogen (secondary N) is 2. The van der Waals surface area contributed by atoms with Crippen molar-refractivity contribution in [2.75, 3.05) is 11.1 Å². The van der Waals surface area contributed by atoms with Crippen LogP contribution in [0, 0.1) is 0 Å². The summed E-state index contributed by atoms with van der Waals surface area (Å²) >= 11 is 0. The summed E-state index contributed by atoms with van der Waals surface area (Å²) in [6, 6.07) is 20.5. The number of hydrogen-bond acceptors (Lipinski definition) is 3. The number of amides is 2. The lowest BCUT2D eigenvalue weighted by Gasteiger charge is -2.26. The molecule has 5 nitrogen and oxygen atoms in total. The monoisotopic (exact) mass is 404 g/mol. The Morgan fingerprint density at radius 3 is 2.55 bits per heavy atom. The molecule has 2 amide bonds. The predicted octanol–water partition coefficient (Wildman–Crippen LogP) is 4.30. The quantitative estimate of drug-likeness (QED) is 0.523. The Morgan fingerprint density at radius 1 is 0.897 bits per heavy atom. The number of fused-ring (bicyclic) bond motifs is 4. The van der Waals surface area contributed by atoms with Crippen LogP contribution in [0.4, 0.5) is 10.5 Å². The number of benzene rings is 3. The zero-order valence-electron chi connectivity index (χ0n) is 15.7. The molecule has 1 heterocycles. The molecule has 0 spiro atoms. The summed E-state index contributed by atoms with van der Waals surface area (Å²) in [5.74, 6) is 0.0338. The van der Waals surface area contributed by atoms with E-state index in [4.69, 9.17) is 0 Å². The van der Waals surface area contributed by atoms with Gasteiger partial charge < -0.3 is 10.6 Å². The topological polar surface area (TPSA) is 75.3 Å². The van der Waals surface area contributed by atoms with Gasteiger partial charge in [0.15, 0.2) is 9.84 Å². The van der Waals surface area contributed by atoms with Crippen LogP contribution in [0.25, 0.3) is 11.1 Å². The maximum absolute atomic E-state index is 12.6. The van der Waals surface area contributed by atoms with Crippen LogP contribution in [-0.4, -0.2) is 20.2 Å². The molecule has 0 radical (unpaired) electrons. The smallest absolute Gasteiger partial charge is 0.319 e. The van der Waals surface area contributed by atoms with Crippen LogP contribution < -0.4 is 10.6 Å². The molecule has 5 rings (SSSR count). The number of rotatable bonds is 2. The van der Waals surface area contributed by atoms with Crippen molar-refractivity contribution in [3.8, 4) is 11.1 Å². The van der Waals surface area contributed by atoms with Gasteiger partial charge in [-0.05, 0) is 58.9 Å². The van der Waals surface area contributed by atoms with Crippen LogP contribution >= 0.6 is 0 Å². The van der Waals surface area contributed by atoms with Gasteiger partial charge in [-0.2, -0.15) is 0 Å². The number of sulfone groups is 1. The molecular formula is C23H20N2O3S. The highest BCUT2D eigenvalue weighted by Crippen LogP contribution is 2.37. The maximum Gasteiger partial charge on any atom is 0.319 e. The van der Waals surface area contributed by atoms with Gasteiger partial charge in [-0.3, -0.25) is 0 Å². The van der Waals surface area contributed by atoms with Gasteiger partial charge in [0.2, 0.25) is 0 Å². The third-order valence-electron chi connectivity index (χ3n) is 5.66. The van der Waals surface area contributed by atoms with Crippen molar-refractivity contribution in [1.29, 1.82) is 0 Å². The van der Waals surface area contributed by atoms with E-state index in [2.05, 4.69) is 22.8 Å². The van der Waals surface area contributed by atoms with E-state index in [0.717, 1.165) is 12.1 Å². The fourth-order valence-electron chi connectivity index (χ4n) is 4.29. The number of carbonyl (C=O) groups is 1. The summed E-state index contributed by atoms with van der Waals surface area (Å²) in [7, 11) is -3.27. The molecule has 0 saturated heterocycles. The van der Waals surface area contributed by atoms with E-state index in [0.29, 0.717) is 16.9 Å². The Hall–Kier alpha value is -3.12. The molecule has 2 aliphatic rings. The standard InChI is InChI=1S/C23H20N2O3S/c26-23(25-21-11-12-29(27,28)22-8-4-3-7-20(21)22)24-17-9-10-19-16(14-17)13-15-5-1-2-6-18(15)19/h1-10,14,21H,11-13H2,(H2,24,25,26). The Bertz CT molecular complexity index is 1230. The lowest BCUT2D eigenvalue weighted by Crippen LogP contribution is -2.36. The van der Waals surface area contributed by atoms with Gasteiger partial charge in [0.25, 0.3) is 0 Å². The van der Waals surface area contributed by atoms with Gasteiger partial charge in [0, 0.05) is 5.69 Å². The van der Waals surface area contributed by atoms with Crippen molar-refractivity contribution < 1.29 is 13.2 Å². The van der Waals surface area contributed by atoms with Gasteiger partial charge in [-0.1, -0.05) is 48.5 Å². The summed E-state index contributed by atoms with van der Waals surface area (Å²) in [5.41, 5.74) is 6.32. The first-order valence-electron chi connectivity index (χ1n) is 9.62. The van der Waals surface area contributed by atoms with Crippen molar-refractivity contribution in [2.45, 2.75) is 23.8 Å². The van der Waals surface area contributed by atoms with Crippen molar-refractivity contribution in [2.24, 2.45) is 0 Å². The summed E-state index contributed by atoms with van der Waals surface area (Å²) in [6.45, 7) is 0. The highest BCUT2D eigenvalue weighted by Gasteiger charge is 2.30. The molecule has 1 atom stereocenters. The van der Waals surface area contributed by atoms with Crippen molar-refractivity contribution >= 4 is 21.6 Å². The first-order chi connectivity index (χ1) is 14.0. The van der Waals surface area contributed by atoms with E-state index in [1.807, 2.05) is 30.3 Å². The highest BCUT2D eigenvalue weighted by atomic mass is 32.2. The average Bonchev–Trinajstić information content (AvgIpc) is 3.08. The molecule has 0 saturated carbocycles. The SMILES string of the molecule is O=C(Nc1ccc2c(c1)Cc1ccccc1-2)NC1CCS(=O)(=O)c2ccccc21. The summed E-state index contributed by atoms with van der Waals surface area (Å²) < 4.78 is 24.5. The Morgan fingerprint density at radius 2 is 1.66 bits per heavy atom. The lowest BCUT2D eigenvalue weighted by molar-refractivity contribution is 0.248. The largest absolute Gasteiger partial charge is 0.331 e. The Balaban J connectivity index is 1.33. The molecule has 0 aromatic heterocycles. The van der Waals surface area contributed by atoms with Crippen LogP contribution in [0.1, 0.15) is 29.2 Å². The Kier molecular flexibility index (Phi) is 4.17. The van der Waals surface area contributed by atoms with Crippen LogP contribution in [0.2, 0.25) is 0 Å². The summed E-state index contributed by atoms with van der Waals surface area (Å²) in [6.07, 6.45) is 1.22. The molecule has 3 aromatic carbocycles. The minimum absolute atomic E-state index is 0.0338. The number of anilines is 1. The Labute approximate surface area is 169 Å². The molecule has 146 valence electrons. The van der Waals surface area contributed by atoms with E-state index in [9.17, 15) is 13.2 Å². The van der Waals surface area contributed by atoms with Crippen LogP contribution in [0.3, 0.4) is 0 Å². The van der Waals surface area contributed by atoms with Crippen LogP contribution in [0.15, 0.2) is 71.6 Å². The van der Waals surface area contributed by atoms with Gasteiger partial charge >= 0.3 is 6.03 Å². The third kappa shape index (κ3) is 3.19. The van der Waals surface area contributed by atoms with Gasteiger partial charge in [0.05, 0.1) is 16.7 Å². The number of urea groups is 1. The van der Waals surface area contributed by atoms with E-state index < -0.39 is 9.84 Å². The van der Waals surface area contributed by atoms with Gasteiger partial charge in [0.1, 0.15) is 0 Å². The average molecular weight is 404 g/mol. The first-order valence-corrected chi connectivity index (χ1v) is 11.3. The molecule has 1 aliphatic heterocycles. The molecular weight excluding hydrogens is 384 g/mol. The number of hydrogen-bond donors (Lipinski definition) is 2. The number of carbonyl (C=O) groups excluding carboxylic acids is 1. The van der Waals surface area contributed by atoms with Crippen LogP contribution in [0.5, 0.6) is 0 Å². The van der Waals surface area contributed by atoms with Crippen LogP contribution in [-0.2, 0) is 16.3 Å². The zero-order chi connectivity index (χ0) is 20.0. The second-order valence-corrected chi connectivity index (χ2v) is 9.58. The molecule has 1 aliphatic carbocycles. The van der Waals surface area contributed by atoms with Gasteiger partial charge in [-0.25, -0.2) is 13.2 Å². The fraction of sp³-hybridized carbons (Fsp3) is 0.174. The van der Waals surface area contributed by atoms with E-state index >= 15 is 0 Å². The fourth-order valence-corrected chi connectivity index (χ4v) is 5.91. The highest BCUT2D eigenvalue weighted by molar-refractivity contribution is 7.91. The normalized spacial score (nSPS) is 18.3. The van der Waals surface area contributed by atoms with Crippen molar-refractivity contribution in [3.63, 3.8) is 0 Å². The van der Waals surface area contributed by atoms with Crippen molar-refractivity contribution in [3.05, 3.63) is 83.4 Å². The minimum Gasteiger partial charge on any atom is -0.331 e. The second-order valence-electron chi connectivity index (χ2n) is 7.50. The van der Waals surface area contributed by atoms with Gasteiger partial charge in [-0.15, -0.1) is 0 Å². The van der Waals surface area contributed by atoms with E-state index in [1.54, 1.807) is 24.3 Å². The van der Waals surface area contributed by atoms with E-state index in [-0.39, 0.29) is 17.8 Å². The molecule has 29 heavy (non-hydrogen) atoms. The molecule has 0 fully saturated rings. The summed E-state index contributed by atoms with van der Waals surface area (Å²) in [4.78, 5) is 12.9. The lowest BCUT2D eigenvalue weighted by atomic mass is 10.0. The summed E-state index contributed by atoms with van der Waals surface area (Å²) in [5, 5.41) is 5.83. The molecule has 0 bridgehead atoms. The second kappa shape index (κ2) is 6.74.